The molecule has 0 saturated carbocycles. The van der Waals surface area contributed by atoms with Crippen molar-refractivity contribution in [3.05, 3.63) is 59.7 Å². The second-order valence-corrected chi connectivity index (χ2v) is 7.45. The van der Waals surface area contributed by atoms with Crippen LogP contribution in [0.25, 0.3) is 0 Å². The first-order valence-electron chi connectivity index (χ1n) is 7.82. The van der Waals surface area contributed by atoms with E-state index >= 15 is 0 Å². The molecule has 0 spiro atoms. The molecule has 0 aliphatic heterocycles. The molecule has 28 heavy (non-hydrogen) atoms. The topological polar surface area (TPSA) is 104 Å². The molecule has 7 nitrogen and oxygen atoms in total. The van der Waals surface area contributed by atoms with Crippen LogP contribution in [0.2, 0.25) is 0 Å². The maximum Gasteiger partial charge on any atom is 0.405 e. The number of benzene rings is 2. The molecule has 0 aromatic heterocycles. The van der Waals surface area contributed by atoms with Gasteiger partial charge in [-0.3, -0.25) is 9.59 Å². The maximum atomic E-state index is 12.3. The van der Waals surface area contributed by atoms with Gasteiger partial charge in [0.15, 0.2) is 0 Å². The summed E-state index contributed by atoms with van der Waals surface area (Å²) < 4.78 is 62.1. The van der Waals surface area contributed by atoms with Gasteiger partial charge in [0.1, 0.15) is 6.54 Å². The van der Waals surface area contributed by atoms with Gasteiger partial charge in [0.25, 0.3) is 11.8 Å². The number of hydrogen-bond acceptors (Lipinski definition) is 4. The Balaban J connectivity index is 2.07. The summed E-state index contributed by atoms with van der Waals surface area (Å²) in [5, 5.41) is 4.25. The number of alkyl halides is 3. The molecule has 0 atom stereocenters. The summed E-state index contributed by atoms with van der Waals surface area (Å²) in [7, 11) is -2.47. The Morgan fingerprint density at radius 2 is 1.61 bits per heavy atom. The average molecular weight is 415 g/mol. The third kappa shape index (κ3) is 5.79. The van der Waals surface area contributed by atoms with Gasteiger partial charge in [0.05, 0.1) is 4.90 Å². The van der Waals surface area contributed by atoms with Crippen molar-refractivity contribution in [2.24, 2.45) is 0 Å². The van der Waals surface area contributed by atoms with Crippen molar-refractivity contribution in [2.75, 3.05) is 18.9 Å². The van der Waals surface area contributed by atoms with Crippen molar-refractivity contribution in [1.29, 1.82) is 0 Å². The molecule has 150 valence electrons. The number of nitrogens with one attached hydrogen (secondary N) is 3. The smallest absolute Gasteiger partial charge is 0.343 e. The molecule has 0 bridgehead atoms. The zero-order chi connectivity index (χ0) is 20.9. The third-order valence-electron chi connectivity index (χ3n) is 3.53. The predicted molar refractivity (Wildman–Crippen MR) is 95.5 cm³/mol. The SMILES string of the molecule is CNS(=O)(=O)c1cccc(C(=O)Nc2ccc(C(=O)NCC(F)(F)F)cc2)c1. The number of anilines is 1. The Morgan fingerprint density at radius 1 is 0.964 bits per heavy atom. The molecule has 0 saturated heterocycles. The fourth-order valence-corrected chi connectivity index (χ4v) is 2.89. The Morgan fingerprint density at radius 3 is 2.18 bits per heavy atom. The highest BCUT2D eigenvalue weighted by molar-refractivity contribution is 7.89. The lowest BCUT2D eigenvalue weighted by atomic mass is 10.1. The molecule has 2 rings (SSSR count). The van der Waals surface area contributed by atoms with Crippen LogP contribution < -0.4 is 15.4 Å². The van der Waals surface area contributed by atoms with Gasteiger partial charge in [-0.1, -0.05) is 6.07 Å². The first kappa shape index (κ1) is 21.4. The summed E-state index contributed by atoms with van der Waals surface area (Å²) in [5.74, 6) is -1.50. The van der Waals surface area contributed by atoms with Crippen LogP contribution in [0, 0.1) is 0 Å². The average Bonchev–Trinajstić information content (AvgIpc) is 2.66. The molecule has 0 heterocycles. The Bertz CT molecular complexity index is 974. The van der Waals surface area contributed by atoms with Gasteiger partial charge >= 0.3 is 6.18 Å². The van der Waals surface area contributed by atoms with E-state index in [1.165, 1.54) is 55.6 Å². The van der Waals surface area contributed by atoms with Crippen molar-refractivity contribution in [3.63, 3.8) is 0 Å². The first-order chi connectivity index (χ1) is 13.0. The highest BCUT2D eigenvalue weighted by atomic mass is 32.2. The van der Waals surface area contributed by atoms with E-state index < -0.39 is 34.6 Å². The standard InChI is InChI=1S/C17H16F3N3O4S/c1-21-28(26,27)14-4-2-3-12(9-14)16(25)23-13-7-5-11(6-8-13)15(24)22-10-17(18,19)20/h2-9,21H,10H2,1H3,(H,22,24)(H,23,25). The summed E-state index contributed by atoms with van der Waals surface area (Å²) >= 11 is 0. The number of carbonyl (C=O) groups is 2. The van der Waals surface area contributed by atoms with E-state index in [-0.39, 0.29) is 21.7 Å². The molecule has 0 fully saturated rings. The molecular weight excluding hydrogens is 399 g/mol. The summed E-state index contributed by atoms with van der Waals surface area (Å²) in [4.78, 5) is 23.8. The highest BCUT2D eigenvalue weighted by Crippen LogP contribution is 2.16. The van der Waals surface area contributed by atoms with Gasteiger partial charge < -0.3 is 10.6 Å². The first-order valence-corrected chi connectivity index (χ1v) is 9.30. The minimum Gasteiger partial charge on any atom is -0.343 e. The maximum absolute atomic E-state index is 12.3. The number of rotatable bonds is 6. The third-order valence-corrected chi connectivity index (χ3v) is 4.94. The largest absolute Gasteiger partial charge is 0.405 e. The molecule has 0 radical (unpaired) electrons. The Hall–Kier alpha value is -2.92. The molecule has 3 N–H and O–H groups in total. The zero-order valence-electron chi connectivity index (χ0n) is 14.5. The second-order valence-electron chi connectivity index (χ2n) is 5.56. The van der Waals surface area contributed by atoms with Crippen LogP contribution in [0.4, 0.5) is 18.9 Å². The lowest BCUT2D eigenvalue weighted by Crippen LogP contribution is -2.33. The van der Waals surface area contributed by atoms with Crippen LogP contribution in [0.15, 0.2) is 53.4 Å². The fraction of sp³-hybridized carbons (Fsp3) is 0.176. The van der Waals surface area contributed by atoms with Crippen molar-refractivity contribution < 1.29 is 31.2 Å². The van der Waals surface area contributed by atoms with Gasteiger partial charge in [-0.15, -0.1) is 0 Å². The van der Waals surface area contributed by atoms with E-state index in [2.05, 4.69) is 10.0 Å². The fourth-order valence-electron chi connectivity index (χ4n) is 2.11. The van der Waals surface area contributed by atoms with E-state index in [4.69, 9.17) is 0 Å². The predicted octanol–water partition coefficient (Wildman–Crippen LogP) is 2.14. The van der Waals surface area contributed by atoms with Crippen molar-refractivity contribution in [1.82, 2.24) is 10.0 Å². The van der Waals surface area contributed by atoms with Crippen LogP contribution in [-0.4, -0.2) is 40.0 Å². The van der Waals surface area contributed by atoms with Gasteiger partial charge in [-0.2, -0.15) is 13.2 Å². The lowest BCUT2D eigenvalue weighted by Gasteiger charge is -2.10. The van der Waals surface area contributed by atoms with E-state index in [0.29, 0.717) is 0 Å². The van der Waals surface area contributed by atoms with Crippen LogP contribution in [0.1, 0.15) is 20.7 Å². The van der Waals surface area contributed by atoms with E-state index in [0.717, 1.165) is 0 Å². The number of sulfonamides is 1. The van der Waals surface area contributed by atoms with Crippen LogP contribution in [0.3, 0.4) is 0 Å². The summed E-state index contributed by atoms with van der Waals surface area (Å²) in [6, 6.07) is 10.5. The quantitative estimate of drug-likeness (QED) is 0.672. The number of carbonyl (C=O) groups excluding carboxylic acids is 2. The molecule has 2 amide bonds. The van der Waals surface area contributed by atoms with Crippen LogP contribution in [0.5, 0.6) is 0 Å². The van der Waals surface area contributed by atoms with Gasteiger partial charge in [0, 0.05) is 16.8 Å². The molecular formula is C17H16F3N3O4S. The molecule has 11 heteroatoms. The van der Waals surface area contributed by atoms with E-state index in [9.17, 15) is 31.2 Å². The molecule has 2 aromatic carbocycles. The number of amides is 2. The monoisotopic (exact) mass is 415 g/mol. The van der Waals surface area contributed by atoms with Gasteiger partial charge in [0.2, 0.25) is 10.0 Å². The van der Waals surface area contributed by atoms with Crippen molar-refractivity contribution >= 4 is 27.5 Å². The minimum atomic E-state index is -4.51. The lowest BCUT2D eigenvalue weighted by molar-refractivity contribution is -0.123. The van der Waals surface area contributed by atoms with E-state index in [1.54, 1.807) is 5.32 Å². The van der Waals surface area contributed by atoms with Crippen LogP contribution in [-0.2, 0) is 10.0 Å². The Labute approximate surface area is 159 Å². The second kappa shape index (κ2) is 8.40. The summed E-state index contributed by atoms with van der Waals surface area (Å²) in [6.45, 7) is -1.45. The summed E-state index contributed by atoms with van der Waals surface area (Å²) in [5.41, 5.74) is 0.354. The molecule has 0 aliphatic rings. The number of hydrogen-bond donors (Lipinski definition) is 3. The molecule has 2 aromatic rings. The van der Waals surface area contributed by atoms with Gasteiger partial charge in [-0.05, 0) is 49.5 Å². The Kier molecular flexibility index (Phi) is 6.41. The minimum absolute atomic E-state index is 0.00985. The zero-order valence-corrected chi connectivity index (χ0v) is 15.3. The summed E-state index contributed by atoms with van der Waals surface area (Å²) in [6.07, 6.45) is -4.51. The molecule has 0 unspecified atom stereocenters. The van der Waals surface area contributed by atoms with Crippen LogP contribution >= 0.6 is 0 Å². The van der Waals surface area contributed by atoms with Crippen molar-refractivity contribution in [2.45, 2.75) is 11.1 Å². The van der Waals surface area contributed by atoms with Gasteiger partial charge in [-0.25, -0.2) is 13.1 Å². The normalized spacial score (nSPS) is 11.7. The highest BCUT2D eigenvalue weighted by Gasteiger charge is 2.27. The number of halogens is 3. The molecule has 0 aliphatic carbocycles. The van der Waals surface area contributed by atoms with E-state index in [1.807, 2.05) is 0 Å². The van der Waals surface area contributed by atoms with Crippen molar-refractivity contribution in [3.8, 4) is 0 Å².